The van der Waals surface area contributed by atoms with E-state index in [1.165, 1.54) is 0 Å². The van der Waals surface area contributed by atoms with E-state index in [0.29, 0.717) is 29.1 Å². The summed E-state index contributed by atoms with van der Waals surface area (Å²) in [6, 6.07) is 11.1. The summed E-state index contributed by atoms with van der Waals surface area (Å²) in [5.74, 6) is 1.46. The van der Waals surface area contributed by atoms with Gasteiger partial charge in [0.05, 0.1) is 0 Å². The van der Waals surface area contributed by atoms with Crippen molar-refractivity contribution in [1.29, 1.82) is 0 Å². The molecule has 2 aromatic heterocycles. The number of hydrogen-bond acceptors (Lipinski definition) is 6. The number of carbonyl (C=O) groups excluding carboxylic acids is 1. The van der Waals surface area contributed by atoms with Crippen molar-refractivity contribution in [3.63, 3.8) is 0 Å². The molecule has 1 amide bonds. The van der Waals surface area contributed by atoms with Crippen molar-refractivity contribution in [3.8, 4) is 0 Å². The molecule has 0 unspecified atom stereocenters. The highest BCUT2D eigenvalue weighted by Crippen LogP contribution is 2.24. The predicted octanol–water partition coefficient (Wildman–Crippen LogP) is 4.20. The first-order chi connectivity index (χ1) is 12.4. The van der Waals surface area contributed by atoms with Gasteiger partial charge in [-0.2, -0.15) is 0 Å². The minimum Gasteiger partial charge on any atom is -0.360 e. The van der Waals surface area contributed by atoms with Crippen LogP contribution in [0.3, 0.4) is 0 Å². The van der Waals surface area contributed by atoms with E-state index in [1.54, 1.807) is 26.0 Å². The standard InChI is InChI=1S/C19H21N5O2/c1-11(2)14-7-5-6-8-15(14)21-18(25)16-9-12(3)20-19(22-16)23-17-10-13(4)26-24-17/h5-11H,1-4H3,(H,21,25)(H,20,22,23,24). The molecule has 0 radical (unpaired) electrons. The zero-order chi connectivity index (χ0) is 18.7. The molecule has 0 atom stereocenters. The monoisotopic (exact) mass is 351 g/mol. The van der Waals surface area contributed by atoms with Crippen LogP contribution in [-0.4, -0.2) is 21.0 Å². The topological polar surface area (TPSA) is 92.9 Å². The Morgan fingerprint density at radius 1 is 1.12 bits per heavy atom. The highest BCUT2D eigenvalue weighted by Gasteiger charge is 2.14. The molecule has 0 fully saturated rings. The van der Waals surface area contributed by atoms with Gasteiger partial charge in [-0.1, -0.05) is 37.2 Å². The first-order valence-electron chi connectivity index (χ1n) is 8.38. The molecule has 3 aromatic rings. The molecule has 0 aliphatic carbocycles. The van der Waals surface area contributed by atoms with E-state index in [4.69, 9.17) is 4.52 Å². The number of aromatic nitrogens is 3. The third-order valence-electron chi connectivity index (χ3n) is 3.79. The lowest BCUT2D eigenvalue weighted by atomic mass is 10.0. The summed E-state index contributed by atoms with van der Waals surface area (Å²) in [5, 5.41) is 9.73. The first-order valence-corrected chi connectivity index (χ1v) is 8.38. The minimum atomic E-state index is -0.289. The molecule has 0 aliphatic heterocycles. The summed E-state index contributed by atoms with van der Waals surface area (Å²) in [7, 11) is 0. The van der Waals surface area contributed by atoms with Gasteiger partial charge in [0.15, 0.2) is 5.82 Å². The highest BCUT2D eigenvalue weighted by molar-refractivity contribution is 6.03. The second-order valence-electron chi connectivity index (χ2n) is 6.36. The van der Waals surface area contributed by atoms with Gasteiger partial charge in [-0.15, -0.1) is 0 Å². The zero-order valence-corrected chi connectivity index (χ0v) is 15.2. The molecule has 0 aliphatic rings. The number of para-hydroxylation sites is 1. The maximum Gasteiger partial charge on any atom is 0.274 e. The Hall–Kier alpha value is -3.22. The fourth-order valence-electron chi connectivity index (χ4n) is 2.58. The Bertz CT molecular complexity index is 933. The molecular formula is C19H21N5O2. The number of hydrogen-bond donors (Lipinski definition) is 2. The van der Waals surface area contributed by atoms with Crippen LogP contribution in [0.25, 0.3) is 0 Å². The van der Waals surface area contributed by atoms with Crippen LogP contribution in [0.2, 0.25) is 0 Å². The van der Waals surface area contributed by atoms with Crippen molar-refractivity contribution in [3.05, 3.63) is 59.1 Å². The van der Waals surface area contributed by atoms with Crippen LogP contribution >= 0.6 is 0 Å². The smallest absolute Gasteiger partial charge is 0.274 e. The Morgan fingerprint density at radius 3 is 2.58 bits per heavy atom. The minimum absolute atomic E-state index is 0.277. The van der Waals surface area contributed by atoms with Crippen molar-refractivity contribution >= 4 is 23.4 Å². The van der Waals surface area contributed by atoms with Crippen LogP contribution in [0.15, 0.2) is 40.9 Å². The maximum atomic E-state index is 12.7. The number of rotatable bonds is 5. The van der Waals surface area contributed by atoms with Gasteiger partial charge in [0.1, 0.15) is 11.5 Å². The van der Waals surface area contributed by atoms with Crippen molar-refractivity contribution in [2.24, 2.45) is 0 Å². The second kappa shape index (κ2) is 7.35. The largest absolute Gasteiger partial charge is 0.360 e. The van der Waals surface area contributed by atoms with Crippen molar-refractivity contribution in [1.82, 2.24) is 15.1 Å². The van der Waals surface area contributed by atoms with E-state index >= 15 is 0 Å². The average molecular weight is 351 g/mol. The summed E-state index contributed by atoms with van der Waals surface area (Å²) < 4.78 is 5.01. The van der Waals surface area contributed by atoms with Crippen LogP contribution < -0.4 is 10.6 Å². The SMILES string of the molecule is Cc1cc(C(=O)Nc2ccccc2C(C)C)nc(Nc2cc(C)on2)n1. The lowest BCUT2D eigenvalue weighted by Gasteiger charge is -2.13. The van der Waals surface area contributed by atoms with Crippen molar-refractivity contribution < 1.29 is 9.32 Å². The van der Waals surface area contributed by atoms with E-state index < -0.39 is 0 Å². The Labute approximate surface area is 151 Å². The summed E-state index contributed by atoms with van der Waals surface area (Å²) in [6.45, 7) is 7.77. The first kappa shape index (κ1) is 17.6. The van der Waals surface area contributed by atoms with Gasteiger partial charge in [0.2, 0.25) is 5.95 Å². The molecule has 0 bridgehead atoms. The van der Waals surface area contributed by atoms with Gasteiger partial charge < -0.3 is 15.2 Å². The molecule has 7 nitrogen and oxygen atoms in total. The Kier molecular flexibility index (Phi) is 4.97. The molecule has 2 heterocycles. The van der Waals surface area contributed by atoms with E-state index in [2.05, 4.69) is 39.6 Å². The normalized spacial score (nSPS) is 10.8. The average Bonchev–Trinajstić information content (AvgIpc) is 2.99. The van der Waals surface area contributed by atoms with Gasteiger partial charge in [0, 0.05) is 17.4 Å². The number of benzene rings is 1. The molecule has 0 saturated heterocycles. The van der Waals surface area contributed by atoms with Gasteiger partial charge in [0.25, 0.3) is 5.91 Å². The molecule has 0 spiro atoms. The molecule has 1 aromatic carbocycles. The van der Waals surface area contributed by atoms with Crippen LogP contribution in [0.1, 0.15) is 47.3 Å². The number of aryl methyl sites for hydroxylation is 2. The molecular weight excluding hydrogens is 330 g/mol. The zero-order valence-electron chi connectivity index (χ0n) is 15.2. The number of amides is 1. The summed E-state index contributed by atoms with van der Waals surface area (Å²) in [4.78, 5) is 21.3. The Morgan fingerprint density at radius 2 is 1.88 bits per heavy atom. The molecule has 26 heavy (non-hydrogen) atoms. The Balaban J connectivity index is 1.83. The number of nitrogens with one attached hydrogen (secondary N) is 2. The fourth-order valence-corrected chi connectivity index (χ4v) is 2.58. The summed E-state index contributed by atoms with van der Waals surface area (Å²) >= 11 is 0. The highest BCUT2D eigenvalue weighted by atomic mass is 16.5. The third kappa shape index (κ3) is 4.05. The molecule has 0 saturated carbocycles. The molecule has 2 N–H and O–H groups in total. The molecule has 3 rings (SSSR count). The molecule has 134 valence electrons. The van der Waals surface area contributed by atoms with E-state index in [0.717, 1.165) is 11.3 Å². The predicted molar refractivity (Wildman–Crippen MR) is 99.8 cm³/mol. The van der Waals surface area contributed by atoms with Crippen LogP contribution in [0.5, 0.6) is 0 Å². The maximum absolute atomic E-state index is 12.7. The fraction of sp³-hybridized carbons (Fsp3) is 0.263. The number of anilines is 3. The van der Waals surface area contributed by atoms with E-state index in [-0.39, 0.29) is 11.6 Å². The lowest BCUT2D eigenvalue weighted by Crippen LogP contribution is -2.16. The van der Waals surface area contributed by atoms with E-state index in [1.807, 2.05) is 24.3 Å². The van der Waals surface area contributed by atoms with Crippen LogP contribution in [0.4, 0.5) is 17.5 Å². The number of nitrogens with zero attached hydrogens (tertiary/aromatic N) is 3. The van der Waals surface area contributed by atoms with Gasteiger partial charge in [-0.05, 0) is 37.5 Å². The molecule has 7 heteroatoms. The van der Waals surface area contributed by atoms with E-state index in [9.17, 15) is 4.79 Å². The number of carbonyl (C=O) groups is 1. The van der Waals surface area contributed by atoms with Crippen LogP contribution in [-0.2, 0) is 0 Å². The summed E-state index contributed by atoms with van der Waals surface area (Å²) in [6.07, 6.45) is 0. The van der Waals surface area contributed by atoms with Crippen molar-refractivity contribution in [2.75, 3.05) is 10.6 Å². The third-order valence-corrected chi connectivity index (χ3v) is 3.79. The quantitative estimate of drug-likeness (QED) is 0.715. The van der Waals surface area contributed by atoms with Crippen molar-refractivity contribution in [2.45, 2.75) is 33.6 Å². The van der Waals surface area contributed by atoms with Gasteiger partial charge in [-0.3, -0.25) is 4.79 Å². The van der Waals surface area contributed by atoms with Gasteiger partial charge >= 0.3 is 0 Å². The lowest BCUT2D eigenvalue weighted by molar-refractivity contribution is 0.102. The van der Waals surface area contributed by atoms with Gasteiger partial charge in [-0.25, -0.2) is 9.97 Å². The second-order valence-corrected chi connectivity index (χ2v) is 6.36. The summed E-state index contributed by atoms with van der Waals surface area (Å²) in [5.41, 5.74) is 2.80. The van der Waals surface area contributed by atoms with Crippen LogP contribution in [0, 0.1) is 13.8 Å².